The Bertz CT molecular complexity index is 1020. The van der Waals surface area contributed by atoms with Crippen LogP contribution in [-0.2, 0) is 0 Å². The molecule has 8 heteroatoms. The molecular weight excluding hydrogens is 372 g/mol. The first kappa shape index (κ1) is 17.6. The summed E-state index contributed by atoms with van der Waals surface area (Å²) in [4.78, 5) is 14.8. The number of thiazole rings is 1. The van der Waals surface area contributed by atoms with E-state index in [-0.39, 0.29) is 5.69 Å². The molecule has 0 aliphatic carbocycles. The molecule has 0 aliphatic rings. The lowest BCUT2D eigenvalue weighted by atomic mass is 10.2. The van der Waals surface area contributed by atoms with Crippen molar-refractivity contribution in [3.05, 3.63) is 80.3 Å². The normalized spacial score (nSPS) is 11.0. The number of rotatable bonds is 5. The lowest BCUT2D eigenvalue weighted by Crippen LogP contribution is -1.93. The molecule has 3 aromatic rings. The smallest absolute Gasteiger partial charge is 0.271 e. The van der Waals surface area contributed by atoms with Gasteiger partial charge < -0.3 is 5.32 Å². The molecule has 0 unspecified atom stereocenters. The molecule has 0 saturated heterocycles. The fourth-order valence-electron chi connectivity index (χ4n) is 2.16. The molecule has 0 spiro atoms. The van der Waals surface area contributed by atoms with E-state index < -0.39 is 4.92 Å². The van der Waals surface area contributed by atoms with Gasteiger partial charge in [-0.3, -0.25) is 10.1 Å². The van der Waals surface area contributed by atoms with Gasteiger partial charge in [-0.2, -0.15) is 5.26 Å². The van der Waals surface area contributed by atoms with Gasteiger partial charge in [-0.1, -0.05) is 29.8 Å². The lowest BCUT2D eigenvalue weighted by Gasteiger charge is -2.01. The van der Waals surface area contributed by atoms with Crippen LogP contribution >= 0.6 is 22.9 Å². The fourth-order valence-corrected chi connectivity index (χ4v) is 3.08. The van der Waals surface area contributed by atoms with Crippen LogP contribution in [0.2, 0.25) is 5.02 Å². The fraction of sp³-hybridized carbons (Fsp3) is 0. The molecule has 6 nitrogen and oxygen atoms in total. The zero-order valence-electron chi connectivity index (χ0n) is 13.2. The number of benzene rings is 2. The Morgan fingerprint density at radius 1 is 1.31 bits per heavy atom. The zero-order chi connectivity index (χ0) is 18.5. The Morgan fingerprint density at radius 2 is 2.08 bits per heavy atom. The van der Waals surface area contributed by atoms with E-state index in [4.69, 9.17) is 11.6 Å². The van der Waals surface area contributed by atoms with E-state index in [1.54, 1.807) is 24.3 Å². The molecule has 0 amide bonds. The molecule has 0 aliphatic heterocycles. The molecular formula is C18H11ClN4O2S. The number of hydrogen-bond donors (Lipinski definition) is 1. The molecule has 1 N–H and O–H groups in total. The molecule has 0 bridgehead atoms. The topological polar surface area (TPSA) is 91.8 Å². The first-order valence-electron chi connectivity index (χ1n) is 7.40. The van der Waals surface area contributed by atoms with E-state index in [0.717, 1.165) is 11.3 Å². The van der Waals surface area contributed by atoms with Crippen molar-refractivity contribution in [1.29, 1.82) is 5.26 Å². The lowest BCUT2D eigenvalue weighted by molar-refractivity contribution is -0.384. The maximum atomic E-state index is 10.8. The average Bonchev–Trinajstić information content (AvgIpc) is 3.13. The third kappa shape index (κ3) is 4.06. The van der Waals surface area contributed by atoms with E-state index in [1.165, 1.54) is 29.7 Å². The van der Waals surface area contributed by atoms with E-state index >= 15 is 0 Å². The van der Waals surface area contributed by atoms with Crippen molar-refractivity contribution in [3.8, 4) is 17.3 Å². The van der Waals surface area contributed by atoms with Crippen molar-refractivity contribution in [1.82, 2.24) is 4.98 Å². The minimum atomic E-state index is -0.473. The average molecular weight is 383 g/mol. The highest BCUT2D eigenvalue weighted by atomic mass is 35.5. The minimum absolute atomic E-state index is 0.0267. The number of nitro groups is 1. The van der Waals surface area contributed by atoms with E-state index in [0.29, 0.717) is 21.3 Å². The van der Waals surface area contributed by atoms with Crippen LogP contribution in [0.25, 0.3) is 16.8 Å². The third-order valence-corrected chi connectivity index (χ3v) is 4.56. The molecule has 0 saturated carbocycles. The Labute approximate surface area is 158 Å². The van der Waals surface area contributed by atoms with Crippen molar-refractivity contribution in [2.45, 2.75) is 0 Å². The quantitative estimate of drug-likeness (QED) is 0.365. The molecule has 128 valence electrons. The van der Waals surface area contributed by atoms with Gasteiger partial charge in [-0.05, 0) is 18.2 Å². The predicted octanol–water partition coefficient (Wildman–Crippen LogP) is 5.35. The van der Waals surface area contributed by atoms with Crippen LogP contribution in [0.1, 0.15) is 5.01 Å². The third-order valence-electron chi connectivity index (χ3n) is 3.44. The summed E-state index contributed by atoms with van der Waals surface area (Å²) in [7, 11) is 0. The summed E-state index contributed by atoms with van der Waals surface area (Å²) < 4.78 is 0. The van der Waals surface area contributed by atoms with Gasteiger partial charge in [0.05, 0.1) is 10.6 Å². The highest BCUT2D eigenvalue weighted by molar-refractivity contribution is 7.11. The number of nitrogens with one attached hydrogen (secondary N) is 1. The zero-order valence-corrected chi connectivity index (χ0v) is 14.8. The molecule has 1 heterocycles. The summed E-state index contributed by atoms with van der Waals surface area (Å²) >= 11 is 7.23. The number of anilines is 1. The number of hydrogen-bond acceptors (Lipinski definition) is 6. The number of halogens is 1. The van der Waals surface area contributed by atoms with Gasteiger partial charge in [0.15, 0.2) is 0 Å². The van der Waals surface area contributed by atoms with Gasteiger partial charge in [0.1, 0.15) is 16.6 Å². The largest absolute Gasteiger partial charge is 0.360 e. The summed E-state index contributed by atoms with van der Waals surface area (Å²) in [5, 5.41) is 26.2. The van der Waals surface area contributed by atoms with Gasteiger partial charge in [0.25, 0.3) is 5.69 Å². The second-order valence-electron chi connectivity index (χ2n) is 5.17. The van der Waals surface area contributed by atoms with Crippen molar-refractivity contribution >= 4 is 39.9 Å². The second kappa shape index (κ2) is 7.78. The number of nitrogens with zero attached hydrogens (tertiary/aromatic N) is 3. The van der Waals surface area contributed by atoms with E-state index in [9.17, 15) is 15.4 Å². The summed E-state index contributed by atoms with van der Waals surface area (Å²) in [5.41, 5.74) is 2.48. The molecule has 26 heavy (non-hydrogen) atoms. The summed E-state index contributed by atoms with van der Waals surface area (Å²) in [6.45, 7) is 0. The van der Waals surface area contributed by atoms with Crippen molar-refractivity contribution in [2.24, 2.45) is 0 Å². The SMILES string of the molecule is N#C/C(=C\Nc1cccc([N+](=O)[O-])c1)c1nc(-c2ccc(Cl)cc2)cs1. The van der Waals surface area contributed by atoms with Crippen LogP contribution in [0.5, 0.6) is 0 Å². The number of non-ortho nitro benzene ring substituents is 1. The van der Waals surface area contributed by atoms with E-state index in [2.05, 4.69) is 16.4 Å². The minimum Gasteiger partial charge on any atom is -0.360 e. The number of nitriles is 1. The Morgan fingerprint density at radius 3 is 2.77 bits per heavy atom. The standard InChI is InChI=1S/C18H11ClN4O2S/c19-14-6-4-12(5-7-14)17-11-26-18(22-17)13(9-20)10-21-15-2-1-3-16(8-15)23(24)25/h1-8,10-11,21H/b13-10+. The van der Waals surface area contributed by atoms with Gasteiger partial charge in [-0.15, -0.1) is 11.3 Å². The number of nitro benzene ring substituents is 1. The maximum absolute atomic E-state index is 10.8. The van der Waals surface area contributed by atoms with E-state index in [1.807, 2.05) is 17.5 Å². The molecule has 0 fully saturated rings. The van der Waals surface area contributed by atoms with Gasteiger partial charge in [-0.25, -0.2) is 4.98 Å². The first-order chi connectivity index (χ1) is 12.6. The van der Waals surface area contributed by atoms with Crippen LogP contribution in [0.15, 0.2) is 60.1 Å². The summed E-state index contributed by atoms with van der Waals surface area (Å²) in [6, 6.07) is 15.4. The molecule has 3 rings (SSSR count). The van der Waals surface area contributed by atoms with Gasteiger partial charge >= 0.3 is 0 Å². The highest BCUT2D eigenvalue weighted by Gasteiger charge is 2.10. The molecule has 0 radical (unpaired) electrons. The van der Waals surface area contributed by atoms with Crippen LogP contribution in [0.4, 0.5) is 11.4 Å². The van der Waals surface area contributed by atoms with Crippen LogP contribution in [0, 0.1) is 21.4 Å². The number of allylic oxidation sites excluding steroid dienone is 1. The van der Waals surface area contributed by atoms with Crippen molar-refractivity contribution in [3.63, 3.8) is 0 Å². The van der Waals surface area contributed by atoms with Crippen LogP contribution in [0.3, 0.4) is 0 Å². The molecule has 0 atom stereocenters. The first-order valence-corrected chi connectivity index (χ1v) is 8.65. The predicted molar refractivity (Wildman–Crippen MR) is 103 cm³/mol. The van der Waals surface area contributed by atoms with Crippen molar-refractivity contribution in [2.75, 3.05) is 5.32 Å². The van der Waals surface area contributed by atoms with Crippen LogP contribution in [-0.4, -0.2) is 9.91 Å². The van der Waals surface area contributed by atoms with Gasteiger partial charge in [0.2, 0.25) is 0 Å². The highest BCUT2D eigenvalue weighted by Crippen LogP contribution is 2.27. The molecule has 1 aromatic heterocycles. The number of aromatic nitrogens is 1. The second-order valence-corrected chi connectivity index (χ2v) is 6.46. The Balaban J connectivity index is 1.82. The summed E-state index contributed by atoms with van der Waals surface area (Å²) in [5.74, 6) is 0. The monoisotopic (exact) mass is 382 g/mol. The van der Waals surface area contributed by atoms with Gasteiger partial charge in [0, 0.05) is 40.0 Å². The summed E-state index contributed by atoms with van der Waals surface area (Å²) in [6.07, 6.45) is 1.49. The molecule has 2 aromatic carbocycles. The Kier molecular flexibility index (Phi) is 5.27. The maximum Gasteiger partial charge on any atom is 0.271 e. The van der Waals surface area contributed by atoms with Crippen molar-refractivity contribution < 1.29 is 4.92 Å². The van der Waals surface area contributed by atoms with Crippen LogP contribution < -0.4 is 5.32 Å². The Hall–Kier alpha value is -3.21.